The summed E-state index contributed by atoms with van der Waals surface area (Å²) < 4.78 is 45.5. The number of halogens is 1. The van der Waals surface area contributed by atoms with E-state index in [1.807, 2.05) is 55.8 Å². The number of nitrogens with zero attached hydrogens (tertiary/aromatic N) is 7. The van der Waals surface area contributed by atoms with Crippen LogP contribution in [0.1, 0.15) is 5.56 Å². The second-order valence-corrected chi connectivity index (χ2v) is 11.1. The van der Waals surface area contributed by atoms with Crippen LogP contribution in [0.25, 0.3) is 33.0 Å². The molecule has 0 saturated carbocycles. The molecule has 0 bridgehead atoms. The van der Waals surface area contributed by atoms with E-state index in [4.69, 9.17) is 4.98 Å². The predicted octanol–water partition coefficient (Wildman–Crippen LogP) is 2.12. The van der Waals surface area contributed by atoms with E-state index in [0.29, 0.717) is 28.3 Å². The molecule has 0 aliphatic rings. The van der Waals surface area contributed by atoms with Gasteiger partial charge in [0, 0.05) is 49.7 Å². The van der Waals surface area contributed by atoms with Crippen molar-refractivity contribution >= 4 is 27.3 Å². The largest absolute Gasteiger partial charge is 1.00 e. The summed E-state index contributed by atoms with van der Waals surface area (Å²) in [7, 11) is 3.66. The molecule has 3 heterocycles. The van der Waals surface area contributed by atoms with E-state index in [2.05, 4.69) is 19.6 Å². The molecule has 0 aliphatic heterocycles. The van der Waals surface area contributed by atoms with Crippen LogP contribution in [-0.4, -0.2) is 60.9 Å². The van der Waals surface area contributed by atoms with Gasteiger partial charge in [0.1, 0.15) is 11.5 Å². The summed E-state index contributed by atoms with van der Waals surface area (Å²) in [4.78, 5) is 17.4. The van der Waals surface area contributed by atoms with Crippen LogP contribution in [0.4, 0.5) is 16.0 Å². The molecule has 9 nitrogen and oxygen atoms in total. The maximum atomic E-state index is 13.7. The van der Waals surface area contributed by atoms with Gasteiger partial charge in [0.2, 0.25) is 10.0 Å². The molecule has 0 aliphatic carbocycles. The molecular formula is C28H27FKN7O2S. The van der Waals surface area contributed by atoms with E-state index < -0.39 is 10.0 Å². The van der Waals surface area contributed by atoms with Crippen LogP contribution in [0, 0.1) is 5.82 Å². The van der Waals surface area contributed by atoms with Crippen LogP contribution < -0.4 is 56.3 Å². The van der Waals surface area contributed by atoms with Gasteiger partial charge in [-0.3, -0.25) is 9.12 Å². The van der Waals surface area contributed by atoms with Crippen molar-refractivity contribution in [2.45, 2.75) is 11.4 Å². The minimum atomic E-state index is -4.06. The minimum Gasteiger partial charge on any atom is -0.378 e. The number of sulfonamides is 1. The van der Waals surface area contributed by atoms with Crippen molar-refractivity contribution in [2.75, 3.05) is 33.1 Å². The number of aromatic nitrogens is 4. The van der Waals surface area contributed by atoms with Gasteiger partial charge in [0.05, 0.1) is 16.3 Å². The quantitative estimate of drug-likeness (QED) is 0.258. The first-order valence-corrected chi connectivity index (χ1v) is 13.6. The molecule has 0 fully saturated rings. The Morgan fingerprint density at radius 2 is 1.62 bits per heavy atom. The van der Waals surface area contributed by atoms with Crippen molar-refractivity contribution in [3.63, 3.8) is 0 Å². The molecule has 40 heavy (non-hydrogen) atoms. The Labute approximate surface area is 275 Å². The summed E-state index contributed by atoms with van der Waals surface area (Å²) in [5, 5.41) is 0. The van der Waals surface area contributed by atoms with Crippen molar-refractivity contribution < 1.29 is 64.2 Å². The maximum Gasteiger partial charge on any atom is 1.00 e. The summed E-state index contributed by atoms with van der Waals surface area (Å²) in [5.41, 5.74) is 4.91. The van der Waals surface area contributed by atoms with Crippen molar-refractivity contribution in [1.29, 1.82) is 0 Å². The SMILES string of the molecule is CN(C)Cc1ccn2c(-c3ccnc([N-]S(=O)(=O)c4ccc(N(C)C)cc4)n3)c(-c3ccc(F)cc3)nc2c1.[K+]. The molecule has 5 aromatic rings. The number of imidazole rings is 1. The summed E-state index contributed by atoms with van der Waals surface area (Å²) in [6.07, 6.45) is 3.35. The van der Waals surface area contributed by atoms with Crippen LogP contribution in [0.2, 0.25) is 0 Å². The molecule has 0 saturated heterocycles. The molecule has 3 aromatic heterocycles. The fourth-order valence-corrected chi connectivity index (χ4v) is 5.09. The predicted molar refractivity (Wildman–Crippen MR) is 150 cm³/mol. The van der Waals surface area contributed by atoms with Crippen molar-refractivity contribution in [1.82, 2.24) is 24.3 Å². The number of rotatable bonds is 8. The second-order valence-electron chi connectivity index (χ2n) is 9.51. The van der Waals surface area contributed by atoms with E-state index in [0.717, 1.165) is 17.8 Å². The first-order valence-electron chi connectivity index (χ1n) is 12.1. The van der Waals surface area contributed by atoms with Crippen molar-refractivity contribution in [2.24, 2.45) is 0 Å². The van der Waals surface area contributed by atoms with Gasteiger partial charge in [0.25, 0.3) is 0 Å². The van der Waals surface area contributed by atoms with Gasteiger partial charge >= 0.3 is 51.4 Å². The Kier molecular flexibility index (Phi) is 9.40. The first-order chi connectivity index (χ1) is 18.6. The Morgan fingerprint density at radius 3 is 2.27 bits per heavy atom. The summed E-state index contributed by atoms with van der Waals surface area (Å²) >= 11 is 0. The van der Waals surface area contributed by atoms with Crippen molar-refractivity contribution in [3.8, 4) is 22.6 Å². The van der Waals surface area contributed by atoms with Crippen molar-refractivity contribution in [3.05, 3.63) is 95.2 Å². The van der Waals surface area contributed by atoms with Gasteiger partial charge in [-0.2, -0.15) is 0 Å². The molecule has 12 heteroatoms. The molecule has 0 unspecified atom stereocenters. The normalized spacial score (nSPS) is 11.4. The Hall–Kier alpha value is -2.71. The Bertz CT molecular complexity index is 1740. The van der Waals surface area contributed by atoms with Gasteiger partial charge in [0.15, 0.2) is 0 Å². The van der Waals surface area contributed by atoms with E-state index in [9.17, 15) is 12.8 Å². The third kappa shape index (κ3) is 6.60. The van der Waals surface area contributed by atoms with E-state index in [-0.39, 0.29) is 68.0 Å². The third-order valence-corrected chi connectivity index (χ3v) is 7.32. The Balaban J connectivity index is 0.00000370. The number of anilines is 1. The number of pyridine rings is 1. The van der Waals surface area contributed by atoms with Gasteiger partial charge < -0.3 is 19.8 Å². The van der Waals surface area contributed by atoms with Gasteiger partial charge in [-0.25, -0.2) is 17.8 Å². The molecule has 200 valence electrons. The molecular weight excluding hydrogens is 557 g/mol. The molecule has 2 aromatic carbocycles. The average molecular weight is 584 g/mol. The zero-order valence-electron chi connectivity index (χ0n) is 22.9. The van der Waals surface area contributed by atoms with Crippen LogP contribution >= 0.6 is 0 Å². The van der Waals surface area contributed by atoms with Gasteiger partial charge in [-0.1, -0.05) is 0 Å². The second kappa shape index (κ2) is 12.4. The number of hydrogen-bond acceptors (Lipinski definition) is 7. The smallest absolute Gasteiger partial charge is 0.378 e. The average Bonchev–Trinajstić information content (AvgIpc) is 3.27. The summed E-state index contributed by atoms with van der Waals surface area (Å²) in [6.45, 7) is 0.731. The minimum absolute atomic E-state index is 0. The summed E-state index contributed by atoms with van der Waals surface area (Å²) in [5.74, 6) is -0.558. The molecule has 0 spiro atoms. The maximum absolute atomic E-state index is 13.7. The van der Waals surface area contributed by atoms with E-state index >= 15 is 0 Å². The van der Waals surface area contributed by atoms with Crippen LogP contribution in [0.3, 0.4) is 0 Å². The molecule has 0 N–H and O–H groups in total. The molecule has 5 rings (SSSR count). The molecule has 0 radical (unpaired) electrons. The number of benzene rings is 2. The monoisotopic (exact) mass is 583 g/mol. The zero-order valence-corrected chi connectivity index (χ0v) is 26.9. The van der Waals surface area contributed by atoms with Crippen LogP contribution in [0.15, 0.2) is 84.0 Å². The van der Waals surface area contributed by atoms with Gasteiger partial charge in [-0.15, -0.1) is 0 Å². The molecule has 0 amide bonds. The number of hydrogen-bond donors (Lipinski definition) is 0. The standard InChI is InChI=1S/C28H27FN7O2S.K/c1-34(2)18-19-14-16-36-25(17-19)32-26(20-5-7-21(29)8-6-20)27(36)24-13-15-30-28(31-24)33-39(37,38)23-11-9-22(10-12-23)35(3)4;/h5-17H,18H2,1-4H3;/q-1;+1. The van der Waals surface area contributed by atoms with Gasteiger partial charge in [-0.05, 0) is 92.6 Å². The molecule has 0 atom stereocenters. The fraction of sp³-hybridized carbons (Fsp3) is 0.179. The number of fused-ring (bicyclic) bond motifs is 1. The van der Waals surface area contributed by atoms with E-state index in [1.165, 1.54) is 30.5 Å². The van der Waals surface area contributed by atoms with Crippen LogP contribution in [-0.2, 0) is 16.6 Å². The first kappa shape index (κ1) is 30.2. The topological polar surface area (TPSA) is 97.8 Å². The van der Waals surface area contributed by atoms with E-state index in [1.54, 1.807) is 30.3 Å². The van der Waals surface area contributed by atoms with Crippen LogP contribution in [0.5, 0.6) is 0 Å². The fourth-order valence-electron chi connectivity index (χ4n) is 4.20. The third-order valence-electron chi connectivity index (χ3n) is 6.05. The zero-order chi connectivity index (χ0) is 27.7. The Morgan fingerprint density at radius 1 is 0.925 bits per heavy atom. The summed E-state index contributed by atoms with van der Waals surface area (Å²) in [6, 6.07) is 18.1.